The van der Waals surface area contributed by atoms with Gasteiger partial charge in [0.15, 0.2) is 5.58 Å². The normalized spacial score (nSPS) is 11.1. The molecule has 0 amide bonds. The van der Waals surface area contributed by atoms with Gasteiger partial charge in [0.25, 0.3) is 0 Å². The van der Waals surface area contributed by atoms with Crippen LogP contribution in [0.5, 0.6) is 0 Å². The third kappa shape index (κ3) is 1.30. The molecule has 0 saturated carbocycles. The summed E-state index contributed by atoms with van der Waals surface area (Å²) >= 11 is 0. The lowest BCUT2D eigenvalue weighted by molar-refractivity contribution is 0.425. The van der Waals surface area contributed by atoms with Crippen molar-refractivity contribution in [1.29, 1.82) is 0 Å². The molecule has 3 rings (SSSR count). The van der Waals surface area contributed by atoms with Gasteiger partial charge in [-0.1, -0.05) is 6.07 Å². The van der Waals surface area contributed by atoms with Crippen molar-refractivity contribution < 1.29 is 14.5 Å². The molecule has 0 aliphatic rings. The SMILES string of the molecule is OB(O)c1ccc2c(c1)oc1cccnc12. The van der Waals surface area contributed by atoms with Crippen molar-refractivity contribution in [3.05, 3.63) is 36.5 Å². The number of hydrogen-bond acceptors (Lipinski definition) is 4. The monoisotopic (exact) mass is 213 g/mol. The molecule has 2 aromatic heterocycles. The molecule has 78 valence electrons. The number of fused-ring (bicyclic) bond motifs is 3. The largest absolute Gasteiger partial charge is 0.488 e. The molecule has 1 aromatic carbocycles. The van der Waals surface area contributed by atoms with Gasteiger partial charge in [-0.25, -0.2) is 0 Å². The van der Waals surface area contributed by atoms with Crippen LogP contribution in [-0.2, 0) is 0 Å². The van der Waals surface area contributed by atoms with Gasteiger partial charge in [0.2, 0.25) is 0 Å². The molecule has 0 spiro atoms. The standard InChI is InChI=1S/C11H8BNO3/c14-12(15)7-3-4-8-10(6-7)16-9-2-1-5-13-11(8)9/h1-6,14-15H. The fraction of sp³-hybridized carbons (Fsp3) is 0. The molecule has 5 heteroatoms. The van der Waals surface area contributed by atoms with Gasteiger partial charge in [-0.2, -0.15) is 0 Å². The Morgan fingerprint density at radius 3 is 2.81 bits per heavy atom. The molecule has 0 fully saturated rings. The Kier molecular flexibility index (Phi) is 1.95. The van der Waals surface area contributed by atoms with Crippen LogP contribution in [0.3, 0.4) is 0 Å². The van der Waals surface area contributed by atoms with Gasteiger partial charge in [0.05, 0.1) is 0 Å². The van der Waals surface area contributed by atoms with Crippen LogP contribution >= 0.6 is 0 Å². The van der Waals surface area contributed by atoms with E-state index in [2.05, 4.69) is 4.98 Å². The van der Waals surface area contributed by atoms with Gasteiger partial charge in [-0.05, 0) is 29.7 Å². The minimum absolute atomic E-state index is 0.409. The van der Waals surface area contributed by atoms with Crippen LogP contribution in [0.4, 0.5) is 0 Å². The average molecular weight is 213 g/mol. The molecule has 2 heterocycles. The fourth-order valence-electron chi connectivity index (χ4n) is 1.77. The van der Waals surface area contributed by atoms with Gasteiger partial charge in [-0.15, -0.1) is 0 Å². The van der Waals surface area contributed by atoms with E-state index in [0.717, 1.165) is 10.9 Å². The van der Waals surface area contributed by atoms with Crippen molar-refractivity contribution in [2.75, 3.05) is 0 Å². The predicted molar refractivity (Wildman–Crippen MR) is 61.3 cm³/mol. The molecule has 2 N–H and O–H groups in total. The Morgan fingerprint density at radius 1 is 1.12 bits per heavy atom. The Bertz CT molecular complexity index is 662. The lowest BCUT2D eigenvalue weighted by atomic mass is 9.80. The molecule has 0 aliphatic heterocycles. The molecule has 0 aliphatic carbocycles. The van der Waals surface area contributed by atoms with Crippen molar-refractivity contribution in [3.8, 4) is 0 Å². The number of pyridine rings is 1. The van der Waals surface area contributed by atoms with Crippen LogP contribution < -0.4 is 5.46 Å². The highest BCUT2D eigenvalue weighted by Gasteiger charge is 2.14. The molecule has 16 heavy (non-hydrogen) atoms. The van der Waals surface area contributed by atoms with Crippen molar-refractivity contribution >= 4 is 34.7 Å². The Morgan fingerprint density at radius 2 is 2.00 bits per heavy atom. The Hall–Kier alpha value is -1.85. The maximum atomic E-state index is 9.06. The number of furan rings is 1. The maximum absolute atomic E-state index is 9.06. The predicted octanol–water partition coefficient (Wildman–Crippen LogP) is 0.661. The van der Waals surface area contributed by atoms with Crippen molar-refractivity contribution in [2.45, 2.75) is 0 Å². The minimum atomic E-state index is -1.48. The fourth-order valence-corrected chi connectivity index (χ4v) is 1.77. The van der Waals surface area contributed by atoms with E-state index < -0.39 is 7.12 Å². The molecular formula is C11H8BNO3. The van der Waals surface area contributed by atoms with Crippen molar-refractivity contribution in [1.82, 2.24) is 4.98 Å². The van der Waals surface area contributed by atoms with E-state index in [-0.39, 0.29) is 0 Å². The summed E-state index contributed by atoms with van der Waals surface area (Å²) in [6.07, 6.45) is 1.70. The lowest BCUT2D eigenvalue weighted by Crippen LogP contribution is -2.29. The summed E-state index contributed by atoms with van der Waals surface area (Å²) in [6, 6.07) is 8.67. The van der Waals surface area contributed by atoms with E-state index in [1.54, 1.807) is 30.5 Å². The third-order valence-corrected chi connectivity index (χ3v) is 2.55. The van der Waals surface area contributed by atoms with E-state index in [1.807, 2.05) is 6.07 Å². The van der Waals surface area contributed by atoms with Crippen molar-refractivity contribution in [3.63, 3.8) is 0 Å². The summed E-state index contributed by atoms with van der Waals surface area (Å²) in [6.45, 7) is 0. The summed E-state index contributed by atoms with van der Waals surface area (Å²) in [4.78, 5) is 4.23. The second kappa shape index (κ2) is 3.33. The first-order chi connectivity index (χ1) is 7.75. The molecule has 0 bridgehead atoms. The molecule has 0 radical (unpaired) electrons. The third-order valence-electron chi connectivity index (χ3n) is 2.55. The first-order valence-electron chi connectivity index (χ1n) is 4.89. The van der Waals surface area contributed by atoms with Gasteiger partial charge < -0.3 is 14.5 Å². The van der Waals surface area contributed by atoms with E-state index in [9.17, 15) is 0 Å². The smallest absolute Gasteiger partial charge is 0.454 e. The van der Waals surface area contributed by atoms with E-state index in [4.69, 9.17) is 14.5 Å². The molecule has 3 aromatic rings. The zero-order valence-corrected chi connectivity index (χ0v) is 8.29. The molecule has 0 saturated heterocycles. The average Bonchev–Trinajstić information content (AvgIpc) is 2.66. The summed E-state index contributed by atoms with van der Waals surface area (Å²) in [5, 5.41) is 19.0. The first kappa shape index (κ1) is 9.39. The number of benzene rings is 1. The summed E-state index contributed by atoms with van der Waals surface area (Å²) in [5.41, 5.74) is 2.50. The highest BCUT2D eigenvalue weighted by molar-refractivity contribution is 6.58. The van der Waals surface area contributed by atoms with Crippen LogP contribution in [0, 0.1) is 0 Å². The highest BCUT2D eigenvalue weighted by atomic mass is 16.4. The Labute approximate surface area is 91.3 Å². The molecule has 0 atom stereocenters. The van der Waals surface area contributed by atoms with E-state index in [0.29, 0.717) is 16.6 Å². The van der Waals surface area contributed by atoms with Crippen LogP contribution in [0.2, 0.25) is 0 Å². The van der Waals surface area contributed by atoms with Gasteiger partial charge in [-0.3, -0.25) is 4.98 Å². The van der Waals surface area contributed by atoms with E-state index in [1.165, 1.54) is 0 Å². The van der Waals surface area contributed by atoms with E-state index >= 15 is 0 Å². The maximum Gasteiger partial charge on any atom is 0.488 e. The lowest BCUT2D eigenvalue weighted by Gasteiger charge is -1.97. The zero-order valence-electron chi connectivity index (χ0n) is 8.29. The quantitative estimate of drug-likeness (QED) is 0.582. The number of rotatable bonds is 1. The first-order valence-corrected chi connectivity index (χ1v) is 4.89. The number of hydrogen-bond donors (Lipinski definition) is 2. The number of aromatic nitrogens is 1. The summed E-state index contributed by atoms with van der Waals surface area (Å²) in [7, 11) is -1.48. The summed E-state index contributed by atoms with van der Waals surface area (Å²) in [5.74, 6) is 0. The summed E-state index contributed by atoms with van der Waals surface area (Å²) < 4.78 is 5.56. The number of nitrogens with zero attached hydrogens (tertiary/aromatic N) is 1. The zero-order chi connectivity index (χ0) is 11.1. The topological polar surface area (TPSA) is 66.5 Å². The molecule has 0 unspecified atom stereocenters. The van der Waals surface area contributed by atoms with Gasteiger partial charge in [0.1, 0.15) is 11.1 Å². The van der Waals surface area contributed by atoms with Crippen molar-refractivity contribution in [2.24, 2.45) is 0 Å². The van der Waals surface area contributed by atoms with Crippen LogP contribution in [0.25, 0.3) is 22.1 Å². The highest BCUT2D eigenvalue weighted by Crippen LogP contribution is 2.25. The second-order valence-electron chi connectivity index (χ2n) is 3.58. The van der Waals surface area contributed by atoms with Gasteiger partial charge >= 0.3 is 7.12 Å². The van der Waals surface area contributed by atoms with Gasteiger partial charge in [0, 0.05) is 11.6 Å². The minimum Gasteiger partial charge on any atom is -0.454 e. The van der Waals surface area contributed by atoms with Crippen LogP contribution in [0.1, 0.15) is 0 Å². The molecular weight excluding hydrogens is 205 g/mol. The Balaban J connectivity index is 2.37. The van der Waals surface area contributed by atoms with Crippen LogP contribution in [-0.4, -0.2) is 22.2 Å². The second-order valence-corrected chi connectivity index (χ2v) is 3.58. The molecule has 4 nitrogen and oxygen atoms in total. The van der Waals surface area contributed by atoms with Crippen LogP contribution in [0.15, 0.2) is 40.9 Å².